The Kier molecular flexibility index (Phi) is 3.79. The molecular formula is C12H14N2O2S2. The third-order valence-electron chi connectivity index (χ3n) is 2.15. The molecule has 0 radical (unpaired) electrons. The van der Waals surface area contributed by atoms with Crippen molar-refractivity contribution in [3.8, 4) is 9.88 Å². The van der Waals surface area contributed by atoms with Crippen LogP contribution < -0.4 is 5.32 Å². The monoisotopic (exact) mass is 282 g/mol. The van der Waals surface area contributed by atoms with E-state index in [1.165, 1.54) is 11.3 Å². The molecule has 0 aromatic carbocycles. The molecule has 18 heavy (non-hydrogen) atoms. The number of amides is 1. The van der Waals surface area contributed by atoms with Gasteiger partial charge in [0, 0.05) is 11.9 Å². The van der Waals surface area contributed by atoms with Crippen LogP contribution in [0, 0.1) is 0 Å². The zero-order valence-electron chi connectivity index (χ0n) is 10.1. The van der Waals surface area contributed by atoms with Gasteiger partial charge in [0.25, 0.3) is 5.91 Å². The molecule has 2 aromatic rings. The second kappa shape index (κ2) is 5.17. The summed E-state index contributed by atoms with van der Waals surface area (Å²) < 4.78 is 0. The smallest absolute Gasteiger partial charge is 0.270 e. The van der Waals surface area contributed by atoms with Crippen molar-refractivity contribution in [1.82, 2.24) is 10.3 Å². The standard InChI is InChI=1S/C12H14N2O2S2/c1-12(2,16)7-13-10(15)8-6-18-11(14-8)9-4-3-5-17-9/h3-6,16H,7H2,1-2H3,(H,13,15). The molecule has 96 valence electrons. The highest BCUT2D eigenvalue weighted by atomic mass is 32.1. The number of aromatic nitrogens is 1. The van der Waals surface area contributed by atoms with E-state index >= 15 is 0 Å². The number of carbonyl (C=O) groups excluding carboxylic acids is 1. The molecule has 6 heteroatoms. The van der Waals surface area contributed by atoms with Crippen molar-refractivity contribution in [2.24, 2.45) is 0 Å². The van der Waals surface area contributed by atoms with Crippen molar-refractivity contribution in [2.45, 2.75) is 19.4 Å². The first-order chi connectivity index (χ1) is 8.46. The van der Waals surface area contributed by atoms with Gasteiger partial charge in [-0.2, -0.15) is 0 Å². The summed E-state index contributed by atoms with van der Waals surface area (Å²) in [6, 6.07) is 3.93. The minimum atomic E-state index is -0.914. The summed E-state index contributed by atoms with van der Waals surface area (Å²) in [5, 5.41) is 16.7. The minimum Gasteiger partial charge on any atom is -0.389 e. The lowest BCUT2D eigenvalue weighted by molar-refractivity contribution is 0.0692. The Bertz CT molecular complexity index is 527. The number of aliphatic hydroxyl groups is 1. The zero-order chi connectivity index (χ0) is 13.2. The molecule has 0 saturated heterocycles. The lowest BCUT2D eigenvalue weighted by atomic mass is 10.1. The van der Waals surface area contributed by atoms with Gasteiger partial charge in [-0.05, 0) is 25.3 Å². The van der Waals surface area contributed by atoms with E-state index in [0.29, 0.717) is 5.69 Å². The molecule has 2 aromatic heterocycles. The predicted molar refractivity (Wildman–Crippen MR) is 74.1 cm³/mol. The van der Waals surface area contributed by atoms with E-state index < -0.39 is 5.60 Å². The first-order valence-electron chi connectivity index (χ1n) is 5.46. The quantitative estimate of drug-likeness (QED) is 0.905. The van der Waals surface area contributed by atoms with Crippen molar-refractivity contribution < 1.29 is 9.90 Å². The third kappa shape index (κ3) is 3.38. The summed E-state index contributed by atoms with van der Waals surface area (Å²) in [7, 11) is 0. The van der Waals surface area contributed by atoms with Crippen LogP contribution >= 0.6 is 22.7 Å². The summed E-state index contributed by atoms with van der Waals surface area (Å²) in [6.07, 6.45) is 0. The van der Waals surface area contributed by atoms with Gasteiger partial charge in [0.2, 0.25) is 0 Å². The Labute approximate surface area is 113 Å². The average molecular weight is 282 g/mol. The molecule has 4 nitrogen and oxygen atoms in total. The Morgan fingerprint density at radius 3 is 2.89 bits per heavy atom. The Morgan fingerprint density at radius 1 is 1.50 bits per heavy atom. The number of thiophene rings is 1. The highest BCUT2D eigenvalue weighted by Gasteiger charge is 2.17. The molecule has 0 fully saturated rings. The lowest BCUT2D eigenvalue weighted by Gasteiger charge is -2.16. The van der Waals surface area contributed by atoms with Crippen LogP contribution in [-0.4, -0.2) is 28.1 Å². The average Bonchev–Trinajstić information content (AvgIpc) is 2.94. The largest absolute Gasteiger partial charge is 0.389 e. The van der Waals surface area contributed by atoms with Crippen LogP contribution in [-0.2, 0) is 0 Å². The summed E-state index contributed by atoms with van der Waals surface area (Å²) in [6.45, 7) is 3.49. The Balaban J connectivity index is 2.04. The third-order valence-corrected chi connectivity index (χ3v) is 4.03. The van der Waals surface area contributed by atoms with E-state index in [2.05, 4.69) is 10.3 Å². The van der Waals surface area contributed by atoms with Crippen LogP contribution in [0.25, 0.3) is 9.88 Å². The van der Waals surface area contributed by atoms with E-state index in [1.807, 2.05) is 17.5 Å². The highest BCUT2D eigenvalue weighted by Crippen LogP contribution is 2.27. The van der Waals surface area contributed by atoms with Gasteiger partial charge in [-0.3, -0.25) is 4.79 Å². The van der Waals surface area contributed by atoms with Crippen molar-refractivity contribution in [1.29, 1.82) is 0 Å². The second-order valence-electron chi connectivity index (χ2n) is 4.51. The fourth-order valence-corrected chi connectivity index (χ4v) is 2.89. The highest BCUT2D eigenvalue weighted by molar-refractivity contribution is 7.20. The number of nitrogens with one attached hydrogen (secondary N) is 1. The Hall–Kier alpha value is -1.24. The summed E-state index contributed by atoms with van der Waals surface area (Å²) in [5.74, 6) is -0.254. The molecule has 2 N–H and O–H groups in total. The number of hydrogen-bond acceptors (Lipinski definition) is 5. The molecule has 0 saturated carbocycles. The summed E-state index contributed by atoms with van der Waals surface area (Å²) >= 11 is 3.04. The van der Waals surface area contributed by atoms with Gasteiger partial charge >= 0.3 is 0 Å². The van der Waals surface area contributed by atoms with E-state index in [1.54, 1.807) is 30.6 Å². The molecule has 0 aliphatic carbocycles. The number of carbonyl (C=O) groups is 1. The number of hydrogen-bond donors (Lipinski definition) is 2. The van der Waals surface area contributed by atoms with Gasteiger partial charge in [0.15, 0.2) is 0 Å². The van der Waals surface area contributed by atoms with Gasteiger partial charge in [-0.1, -0.05) is 6.07 Å². The van der Waals surface area contributed by atoms with Crippen LogP contribution in [0.2, 0.25) is 0 Å². The van der Waals surface area contributed by atoms with E-state index in [4.69, 9.17) is 0 Å². The molecule has 0 atom stereocenters. The topological polar surface area (TPSA) is 62.2 Å². The molecule has 0 spiro atoms. The van der Waals surface area contributed by atoms with Gasteiger partial charge in [-0.25, -0.2) is 4.98 Å². The fourth-order valence-electron chi connectivity index (χ4n) is 1.28. The van der Waals surface area contributed by atoms with E-state index in [-0.39, 0.29) is 12.5 Å². The summed E-state index contributed by atoms with van der Waals surface area (Å²) in [5.41, 5.74) is -0.518. The first kappa shape index (κ1) is 13.2. The van der Waals surface area contributed by atoms with Crippen LogP contribution in [0.4, 0.5) is 0 Å². The fraction of sp³-hybridized carbons (Fsp3) is 0.333. The van der Waals surface area contributed by atoms with E-state index in [0.717, 1.165) is 9.88 Å². The maximum atomic E-state index is 11.8. The van der Waals surface area contributed by atoms with Gasteiger partial charge in [0.05, 0.1) is 10.5 Å². The maximum Gasteiger partial charge on any atom is 0.270 e. The molecule has 0 unspecified atom stereocenters. The number of thiazole rings is 1. The molecule has 0 aliphatic rings. The van der Waals surface area contributed by atoms with Crippen LogP contribution in [0.5, 0.6) is 0 Å². The number of rotatable bonds is 4. The van der Waals surface area contributed by atoms with Crippen LogP contribution in [0.1, 0.15) is 24.3 Å². The first-order valence-corrected chi connectivity index (χ1v) is 7.22. The van der Waals surface area contributed by atoms with Gasteiger partial charge in [0.1, 0.15) is 10.7 Å². The SMILES string of the molecule is CC(C)(O)CNC(=O)c1csc(-c2cccs2)n1. The minimum absolute atomic E-state index is 0.206. The molecule has 2 heterocycles. The predicted octanol–water partition coefficient (Wildman–Crippen LogP) is 2.37. The van der Waals surface area contributed by atoms with Crippen LogP contribution in [0.3, 0.4) is 0 Å². The van der Waals surface area contributed by atoms with Crippen LogP contribution in [0.15, 0.2) is 22.9 Å². The summed E-state index contributed by atoms with van der Waals surface area (Å²) in [4.78, 5) is 17.1. The van der Waals surface area contributed by atoms with Crippen molar-refractivity contribution in [3.05, 3.63) is 28.6 Å². The lowest BCUT2D eigenvalue weighted by Crippen LogP contribution is -2.38. The zero-order valence-corrected chi connectivity index (χ0v) is 11.8. The van der Waals surface area contributed by atoms with E-state index in [9.17, 15) is 9.90 Å². The number of nitrogens with zero attached hydrogens (tertiary/aromatic N) is 1. The normalized spacial score (nSPS) is 11.5. The van der Waals surface area contributed by atoms with Gasteiger partial charge in [-0.15, -0.1) is 22.7 Å². The van der Waals surface area contributed by atoms with Crippen molar-refractivity contribution >= 4 is 28.6 Å². The molecule has 1 amide bonds. The Morgan fingerprint density at radius 2 is 2.28 bits per heavy atom. The molecule has 0 aliphatic heterocycles. The van der Waals surface area contributed by atoms with Gasteiger partial charge < -0.3 is 10.4 Å². The molecular weight excluding hydrogens is 268 g/mol. The van der Waals surface area contributed by atoms with Crippen molar-refractivity contribution in [2.75, 3.05) is 6.54 Å². The second-order valence-corrected chi connectivity index (χ2v) is 6.32. The molecule has 2 rings (SSSR count). The van der Waals surface area contributed by atoms with Crippen molar-refractivity contribution in [3.63, 3.8) is 0 Å². The maximum absolute atomic E-state index is 11.8. The molecule has 0 bridgehead atoms.